The lowest BCUT2D eigenvalue weighted by molar-refractivity contribution is 0.226. The maximum Gasteiger partial charge on any atom is 0.130 e. The number of ether oxygens (including phenoxy) is 1. The molecule has 0 aromatic heterocycles. The first-order valence-corrected chi connectivity index (χ1v) is 6.67. The van der Waals surface area contributed by atoms with Crippen molar-refractivity contribution >= 4 is 28.8 Å². The number of halogens is 1. The van der Waals surface area contributed by atoms with Gasteiger partial charge in [-0.25, -0.2) is 0 Å². The summed E-state index contributed by atoms with van der Waals surface area (Å²) in [7, 11) is 0. The predicted octanol–water partition coefficient (Wildman–Crippen LogP) is 4.11. The lowest BCUT2D eigenvalue weighted by Crippen LogP contribution is -2.13. The molecule has 0 saturated carbocycles. The van der Waals surface area contributed by atoms with E-state index in [4.69, 9.17) is 34.3 Å². The smallest absolute Gasteiger partial charge is 0.130 e. The number of hydrogen-bond acceptors (Lipinski definition) is 2. The van der Waals surface area contributed by atoms with Crippen LogP contribution in [0.15, 0.2) is 48.5 Å². The Morgan fingerprint density at radius 1 is 1.21 bits per heavy atom. The highest BCUT2D eigenvalue weighted by Gasteiger charge is 2.12. The minimum atomic E-state index is -0.0875. The Morgan fingerprint density at radius 2 is 1.89 bits per heavy atom. The molecule has 4 heteroatoms. The fraction of sp³-hybridized carbons (Fsp3) is 0.133. The minimum absolute atomic E-state index is 0.0875. The molecule has 19 heavy (non-hydrogen) atoms. The molecule has 0 radical (unpaired) electrons. The second kappa shape index (κ2) is 6.04. The Hall–Kier alpha value is -1.58. The molecular formula is C15H14ClNOS. The molecule has 0 aliphatic carbocycles. The Balaban J connectivity index is 2.26. The maximum absolute atomic E-state index is 5.94. The van der Waals surface area contributed by atoms with Crippen molar-refractivity contribution in [2.24, 2.45) is 5.73 Å². The van der Waals surface area contributed by atoms with E-state index in [0.29, 0.717) is 16.3 Å². The Morgan fingerprint density at radius 3 is 2.53 bits per heavy atom. The molecule has 0 spiro atoms. The van der Waals surface area contributed by atoms with Gasteiger partial charge in [0.2, 0.25) is 0 Å². The summed E-state index contributed by atoms with van der Waals surface area (Å²) in [6.07, 6.45) is -0.0875. The first kappa shape index (κ1) is 13.8. The van der Waals surface area contributed by atoms with E-state index in [1.54, 1.807) is 18.2 Å². The van der Waals surface area contributed by atoms with Gasteiger partial charge in [-0.2, -0.15) is 0 Å². The molecule has 2 nitrogen and oxygen atoms in total. The summed E-state index contributed by atoms with van der Waals surface area (Å²) in [5.74, 6) is 0.647. The molecule has 2 aromatic rings. The zero-order valence-electron chi connectivity index (χ0n) is 10.5. The Labute approximate surface area is 123 Å². The van der Waals surface area contributed by atoms with Crippen molar-refractivity contribution in [1.82, 2.24) is 0 Å². The lowest BCUT2D eigenvalue weighted by atomic mass is 10.1. The molecule has 98 valence electrons. The predicted molar refractivity (Wildman–Crippen MR) is 82.8 cm³/mol. The summed E-state index contributed by atoms with van der Waals surface area (Å²) in [6.45, 7) is 1.98. The molecule has 0 bridgehead atoms. The zero-order chi connectivity index (χ0) is 13.8. The van der Waals surface area contributed by atoms with Crippen molar-refractivity contribution in [3.05, 3.63) is 64.7 Å². The summed E-state index contributed by atoms with van der Waals surface area (Å²) in [6, 6.07) is 15.2. The van der Waals surface area contributed by atoms with Crippen LogP contribution in [0.5, 0.6) is 5.75 Å². The van der Waals surface area contributed by atoms with Gasteiger partial charge >= 0.3 is 0 Å². The molecule has 0 heterocycles. The van der Waals surface area contributed by atoms with Gasteiger partial charge < -0.3 is 10.5 Å². The number of rotatable bonds is 4. The van der Waals surface area contributed by atoms with Gasteiger partial charge in [-0.1, -0.05) is 54.2 Å². The normalized spacial score (nSPS) is 11.9. The SMILES string of the molecule is CC(Oc1ccc(Cl)cc1C(N)=S)c1ccccc1. The minimum Gasteiger partial charge on any atom is -0.485 e. The largest absolute Gasteiger partial charge is 0.485 e. The summed E-state index contributed by atoms with van der Waals surface area (Å²) in [5.41, 5.74) is 7.44. The number of thiocarbonyl (C=S) groups is 1. The molecule has 0 amide bonds. The molecular weight excluding hydrogens is 278 g/mol. The molecule has 2 N–H and O–H groups in total. The van der Waals surface area contributed by atoms with Crippen LogP contribution >= 0.6 is 23.8 Å². The van der Waals surface area contributed by atoms with Crippen molar-refractivity contribution in [3.8, 4) is 5.75 Å². The lowest BCUT2D eigenvalue weighted by Gasteiger charge is -2.17. The van der Waals surface area contributed by atoms with Crippen molar-refractivity contribution in [2.75, 3.05) is 0 Å². The van der Waals surface area contributed by atoms with Crippen molar-refractivity contribution in [3.63, 3.8) is 0 Å². The third-order valence-corrected chi connectivity index (χ3v) is 3.23. The molecule has 0 aliphatic heterocycles. The van der Waals surface area contributed by atoms with Gasteiger partial charge in [0.15, 0.2) is 0 Å². The van der Waals surface area contributed by atoms with Crippen molar-refractivity contribution in [2.45, 2.75) is 13.0 Å². The standard InChI is InChI=1S/C15H14ClNOS/c1-10(11-5-3-2-4-6-11)18-14-8-7-12(16)9-13(14)15(17)19/h2-10H,1H3,(H2,17,19). The fourth-order valence-electron chi connectivity index (χ4n) is 1.78. The molecule has 0 aliphatic rings. The van der Waals surface area contributed by atoms with Gasteiger partial charge in [-0.15, -0.1) is 0 Å². The van der Waals surface area contributed by atoms with Gasteiger partial charge in [-0.3, -0.25) is 0 Å². The van der Waals surface area contributed by atoms with Crippen molar-refractivity contribution in [1.29, 1.82) is 0 Å². The highest BCUT2D eigenvalue weighted by atomic mass is 35.5. The molecule has 2 aromatic carbocycles. The fourth-order valence-corrected chi connectivity index (χ4v) is 2.11. The van der Waals surface area contributed by atoms with E-state index in [1.165, 1.54) is 0 Å². The third kappa shape index (κ3) is 3.46. The number of benzene rings is 2. The Kier molecular flexibility index (Phi) is 4.40. The van der Waals surface area contributed by atoms with Gasteiger partial charge in [0, 0.05) is 5.02 Å². The van der Waals surface area contributed by atoms with E-state index in [0.717, 1.165) is 5.56 Å². The van der Waals surface area contributed by atoms with Gasteiger partial charge in [-0.05, 0) is 30.7 Å². The highest BCUT2D eigenvalue weighted by Crippen LogP contribution is 2.27. The van der Waals surface area contributed by atoms with Crippen molar-refractivity contribution < 1.29 is 4.74 Å². The van der Waals surface area contributed by atoms with Crippen LogP contribution in [0, 0.1) is 0 Å². The van der Waals surface area contributed by atoms with Crippen LogP contribution in [0.3, 0.4) is 0 Å². The maximum atomic E-state index is 5.94. The first-order chi connectivity index (χ1) is 9.08. The zero-order valence-corrected chi connectivity index (χ0v) is 12.0. The molecule has 2 rings (SSSR count). The van der Waals surface area contributed by atoms with Crippen LogP contribution in [0.25, 0.3) is 0 Å². The van der Waals surface area contributed by atoms with E-state index in [2.05, 4.69) is 0 Å². The number of hydrogen-bond donors (Lipinski definition) is 1. The van der Waals surface area contributed by atoms with Crippen LogP contribution < -0.4 is 10.5 Å². The van der Waals surface area contributed by atoms with Crippen LogP contribution in [-0.4, -0.2) is 4.99 Å². The van der Waals surface area contributed by atoms with Crippen LogP contribution in [-0.2, 0) is 0 Å². The van der Waals surface area contributed by atoms with Gasteiger partial charge in [0.25, 0.3) is 0 Å². The molecule has 1 unspecified atom stereocenters. The monoisotopic (exact) mass is 291 g/mol. The van der Waals surface area contributed by atoms with E-state index in [9.17, 15) is 0 Å². The quantitative estimate of drug-likeness (QED) is 0.861. The molecule has 1 atom stereocenters. The molecule has 0 saturated heterocycles. The van der Waals surface area contributed by atoms with E-state index >= 15 is 0 Å². The van der Waals surface area contributed by atoms with Crippen LogP contribution in [0.1, 0.15) is 24.2 Å². The second-order valence-corrected chi connectivity index (χ2v) is 5.05. The van der Waals surface area contributed by atoms with Gasteiger partial charge in [0.1, 0.15) is 16.8 Å². The van der Waals surface area contributed by atoms with Gasteiger partial charge in [0.05, 0.1) is 5.56 Å². The first-order valence-electron chi connectivity index (χ1n) is 5.89. The topological polar surface area (TPSA) is 35.2 Å². The molecule has 0 fully saturated rings. The van der Waals surface area contributed by atoms with E-state index < -0.39 is 0 Å². The number of nitrogens with two attached hydrogens (primary N) is 1. The summed E-state index contributed by atoms with van der Waals surface area (Å²) < 4.78 is 5.92. The second-order valence-electron chi connectivity index (χ2n) is 4.18. The summed E-state index contributed by atoms with van der Waals surface area (Å²) in [4.78, 5) is 0.276. The summed E-state index contributed by atoms with van der Waals surface area (Å²) >= 11 is 11.0. The van der Waals surface area contributed by atoms with E-state index in [-0.39, 0.29) is 11.1 Å². The van der Waals surface area contributed by atoms with E-state index in [1.807, 2.05) is 37.3 Å². The average molecular weight is 292 g/mol. The summed E-state index contributed by atoms with van der Waals surface area (Å²) in [5, 5.41) is 0.586. The average Bonchev–Trinajstić information content (AvgIpc) is 2.41. The van der Waals surface area contributed by atoms with Crippen LogP contribution in [0.2, 0.25) is 5.02 Å². The highest BCUT2D eigenvalue weighted by molar-refractivity contribution is 7.80. The van der Waals surface area contributed by atoms with Crippen LogP contribution in [0.4, 0.5) is 0 Å². The third-order valence-electron chi connectivity index (χ3n) is 2.78. The Bertz CT molecular complexity index is 586.